The van der Waals surface area contributed by atoms with Gasteiger partial charge in [0.15, 0.2) is 11.2 Å². The molecule has 34 heavy (non-hydrogen) atoms. The normalized spacial score (nSPS) is 11.1. The highest BCUT2D eigenvalue weighted by Gasteiger charge is 2.20. The van der Waals surface area contributed by atoms with Crippen molar-refractivity contribution in [3.63, 3.8) is 0 Å². The molecule has 3 heterocycles. The average molecular weight is 464 g/mol. The van der Waals surface area contributed by atoms with E-state index >= 15 is 0 Å². The van der Waals surface area contributed by atoms with E-state index in [2.05, 4.69) is 15.1 Å². The number of aryl methyl sites for hydroxylation is 3. The summed E-state index contributed by atoms with van der Waals surface area (Å²) in [5.74, 6) is -0.667. The zero-order valence-corrected chi connectivity index (χ0v) is 19.1. The smallest absolute Gasteiger partial charge is 0.363 e. The third-order valence-electron chi connectivity index (χ3n) is 5.47. The molecule has 4 rings (SSSR count). The number of esters is 1. The van der Waals surface area contributed by atoms with Crippen LogP contribution in [0.3, 0.4) is 0 Å². The molecule has 0 bridgehead atoms. The number of nitrogens with zero attached hydrogens (tertiary/aromatic N) is 5. The Morgan fingerprint density at radius 3 is 2.59 bits per heavy atom. The van der Waals surface area contributed by atoms with Crippen LogP contribution in [0.1, 0.15) is 41.8 Å². The van der Waals surface area contributed by atoms with Gasteiger partial charge in [-0.1, -0.05) is 31.5 Å². The van der Waals surface area contributed by atoms with Crippen molar-refractivity contribution in [3.8, 4) is 5.69 Å². The second kappa shape index (κ2) is 9.30. The van der Waals surface area contributed by atoms with Gasteiger partial charge in [-0.05, 0) is 25.5 Å². The minimum Gasteiger partial charge on any atom is -0.453 e. The number of carbonyl (C=O) groups excluding carboxylic acids is 1. The molecule has 176 valence electrons. The highest BCUT2D eigenvalue weighted by molar-refractivity contribution is 5.87. The average Bonchev–Trinajstić information content (AvgIpc) is 3.14. The number of imidazole rings is 1. The summed E-state index contributed by atoms with van der Waals surface area (Å²) in [4.78, 5) is 56.5. The van der Waals surface area contributed by atoms with Crippen molar-refractivity contribution in [2.45, 2.75) is 39.8 Å². The molecule has 1 N–H and O–H groups in total. The first-order chi connectivity index (χ1) is 16.3. The predicted octanol–water partition coefficient (Wildman–Crippen LogP) is 1.43. The van der Waals surface area contributed by atoms with Crippen LogP contribution in [0.4, 0.5) is 0 Å². The number of benzene rings is 1. The minimum absolute atomic E-state index is 0.196. The van der Waals surface area contributed by atoms with E-state index < -0.39 is 22.6 Å². The van der Waals surface area contributed by atoms with Crippen molar-refractivity contribution in [2.24, 2.45) is 7.05 Å². The third-order valence-corrected chi connectivity index (χ3v) is 5.47. The van der Waals surface area contributed by atoms with Crippen LogP contribution in [0, 0.1) is 6.92 Å². The Kier molecular flexibility index (Phi) is 6.26. The second-order valence-corrected chi connectivity index (χ2v) is 7.85. The van der Waals surface area contributed by atoms with E-state index in [9.17, 15) is 19.2 Å². The van der Waals surface area contributed by atoms with E-state index in [1.165, 1.54) is 19.9 Å². The Morgan fingerprint density at radius 1 is 1.15 bits per heavy atom. The number of rotatable bonds is 7. The van der Waals surface area contributed by atoms with E-state index in [4.69, 9.17) is 4.74 Å². The predicted molar refractivity (Wildman–Crippen MR) is 124 cm³/mol. The van der Waals surface area contributed by atoms with Crippen LogP contribution in [0.2, 0.25) is 0 Å². The van der Waals surface area contributed by atoms with Crippen LogP contribution in [0.5, 0.6) is 0 Å². The first-order valence-electron chi connectivity index (χ1n) is 10.8. The third kappa shape index (κ3) is 4.19. The van der Waals surface area contributed by atoms with E-state index in [1.54, 1.807) is 26.1 Å². The van der Waals surface area contributed by atoms with Gasteiger partial charge in [0.2, 0.25) is 11.1 Å². The molecule has 0 aliphatic heterocycles. The number of nitrogens with one attached hydrogen (secondary N) is 1. The topological polar surface area (TPSA) is 134 Å². The molecule has 0 amide bonds. The van der Waals surface area contributed by atoms with Gasteiger partial charge >= 0.3 is 11.7 Å². The standard InChI is InChI=1S/C23H24N6O5/c1-4-5-11-28-20-19(21(31)25-23(28)33)27(3)17(24-20)13-34-22(32)18-16(30)12-14(2)29(26-18)15-9-7-6-8-10-15/h6-10,12H,4-5,11,13H2,1-3H3,(H,25,31,33). The molecule has 1 aromatic carbocycles. The molecule has 11 heteroatoms. The van der Waals surface area contributed by atoms with Crippen molar-refractivity contribution < 1.29 is 9.53 Å². The molecule has 3 aromatic heterocycles. The SMILES string of the molecule is CCCCn1c(=O)[nH]c(=O)c2c1nc(COC(=O)c1nn(-c3ccccc3)c(C)cc1=O)n2C. The number of H-pyrrole nitrogens is 1. The monoisotopic (exact) mass is 464 g/mol. The molecular formula is C23H24N6O5. The van der Waals surface area contributed by atoms with Crippen LogP contribution >= 0.6 is 0 Å². The summed E-state index contributed by atoms with van der Waals surface area (Å²) in [7, 11) is 1.59. The molecule has 0 saturated heterocycles. The highest BCUT2D eigenvalue weighted by atomic mass is 16.5. The van der Waals surface area contributed by atoms with Crippen LogP contribution in [-0.2, 0) is 24.9 Å². The quantitative estimate of drug-likeness (QED) is 0.409. The number of ether oxygens (including phenoxy) is 1. The molecule has 11 nitrogen and oxygen atoms in total. The number of unbranched alkanes of at least 4 members (excludes halogenated alkanes) is 1. The minimum atomic E-state index is -0.918. The lowest BCUT2D eigenvalue weighted by Crippen LogP contribution is -2.31. The maximum Gasteiger partial charge on any atom is 0.363 e. The second-order valence-electron chi connectivity index (χ2n) is 7.85. The number of para-hydroxylation sites is 1. The van der Waals surface area contributed by atoms with Crippen molar-refractivity contribution in [3.05, 3.63) is 84.7 Å². The molecule has 0 radical (unpaired) electrons. The molecule has 0 saturated carbocycles. The first kappa shape index (κ1) is 22.9. The number of fused-ring (bicyclic) bond motifs is 1. The zero-order chi connectivity index (χ0) is 24.4. The van der Waals surface area contributed by atoms with Crippen molar-refractivity contribution >= 4 is 17.1 Å². The fourth-order valence-corrected chi connectivity index (χ4v) is 3.66. The van der Waals surface area contributed by atoms with E-state index in [0.29, 0.717) is 17.9 Å². The van der Waals surface area contributed by atoms with Crippen molar-refractivity contribution in [1.29, 1.82) is 0 Å². The molecular weight excluding hydrogens is 440 g/mol. The fraction of sp³-hybridized carbons (Fsp3) is 0.304. The van der Waals surface area contributed by atoms with Crippen LogP contribution < -0.4 is 16.7 Å². The Bertz CT molecular complexity index is 1540. The summed E-state index contributed by atoms with van der Waals surface area (Å²) in [5, 5.41) is 4.20. The number of aromatic nitrogens is 6. The fourth-order valence-electron chi connectivity index (χ4n) is 3.66. The molecule has 4 aromatic rings. The van der Waals surface area contributed by atoms with Crippen LogP contribution in [0.25, 0.3) is 16.9 Å². The lowest BCUT2D eigenvalue weighted by atomic mass is 10.3. The van der Waals surface area contributed by atoms with Gasteiger partial charge in [0.25, 0.3) is 5.56 Å². The van der Waals surface area contributed by atoms with Gasteiger partial charge in [0, 0.05) is 25.4 Å². The summed E-state index contributed by atoms with van der Waals surface area (Å²) in [6, 6.07) is 10.4. The summed E-state index contributed by atoms with van der Waals surface area (Å²) in [6.45, 7) is 3.78. The summed E-state index contributed by atoms with van der Waals surface area (Å²) >= 11 is 0. The molecule has 0 unspecified atom stereocenters. The number of hydrogen-bond donors (Lipinski definition) is 1. The molecule has 0 atom stereocenters. The van der Waals surface area contributed by atoms with E-state index in [1.807, 2.05) is 25.1 Å². The Hall–Kier alpha value is -4.28. The van der Waals surface area contributed by atoms with Gasteiger partial charge in [-0.25, -0.2) is 19.3 Å². The Morgan fingerprint density at radius 2 is 1.88 bits per heavy atom. The largest absolute Gasteiger partial charge is 0.453 e. The molecule has 0 aliphatic carbocycles. The number of aromatic amines is 1. The van der Waals surface area contributed by atoms with Crippen molar-refractivity contribution in [1.82, 2.24) is 28.9 Å². The van der Waals surface area contributed by atoms with E-state index in [-0.39, 0.29) is 29.3 Å². The Labute approximate surface area is 193 Å². The van der Waals surface area contributed by atoms with Gasteiger partial charge in [-0.15, -0.1) is 0 Å². The van der Waals surface area contributed by atoms with Gasteiger partial charge in [-0.2, -0.15) is 5.10 Å². The van der Waals surface area contributed by atoms with Gasteiger partial charge in [0.1, 0.15) is 12.4 Å². The van der Waals surface area contributed by atoms with E-state index in [0.717, 1.165) is 12.8 Å². The maximum absolute atomic E-state index is 12.7. The number of hydrogen-bond acceptors (Lipinski definition) is 7. The van der Waals surface area contributed by atoms with Crippen LogP contribution in [0.15, 0.2) is 50.8 Å². The van der Waals surface area contributed by atoms with Crippen LogP contribution in [-0.4, -0.2) is 34.9 Å². The number of carbonyl (C=O) groups is 1. The summed E-state index contributed by atoms with van der Waals surface area (Å²) in [5.41, 5.74) is -0.391. The summed E-state index contributed by atoms with van der Waals surface area (Å²) in [6.07, 6.45) is 1.59. The summed E-state index contributed by atoms with van der Waals surface area (Å²) < 4.78 is 9.68. The lowest BCUT2D eigenvalue weighted by Gasteiger charge is -2.11. The lowest BCUT2D eigenvalue weighted by molar-refractivity contribution is 0.0448. The molecule has 0 spiro atoms. The van der Waals surface area contributed by atoms with Gasteiger partial charge in [-0.3, -0.25) is 19.1 Å². The Balaban J connectivity index is 1.65. The van der Waals surface area contributed by atoms with Gasteiger partial charge in [0.05, 0.1) is 5.69 Å². The first-order valence-corrected chi connectivity index (χ1v) is 10.8. The highest BCUT2D eigenvalue weighted by Crippen LogP contribution is 2.12. The molecule has 0 fully saturated rings. The maximum atomic E-state index is 12.7. The van der Waals surface area contributed by atoms with Crippen molar-refractivity contribution in [2.75, 3.05) is 0 Å². The zero-order valence-electron chi connectivity index (χ0n) is 19.1. The molecule has 0 aliphatic rings. The van der Waals surface area contributed by atoms with Gasteiger partial charge < -0.3 is 9.30 Å².